The number of amides is 1. The predicted octanol–water partition coefficient (Wildman–Crippen LogP) is 5.01. The Morgan fingerprint density at radius 3 is 2.62 bits per heavy atom. The minimum absolute atomic E-state index is 0.335. The zero-order chi connectivity index (χ0) is 22.3. The second-order valence-corrected chi connectivity index (χ2v) is 7.21. The van der Waals surface area contributed by atoms with Gasteiger partial charge in [-0.3, -0.25) is 4.79 Å². The highest BCUT2D eigenvalue weighted by atomic mass is 16.5. The first-order chi connectivity index (χ1) is 15.7. The molecule has 1 N–H and O–H groups in total. The molecule has 0 saturated heterocycles. The Morgan fingerprint density at radius 2 is 1.84 bits per heavy atom. The van der Waals surface area contributed by atoms with Crippen molar-refractivity contribution in [3.8, 4) is 22.7 Å². The van der Waals surface area contributed by atoms with E-state index in [-0.39, 0.29) is 5.91 Å². The Morgan fingerprint density at radius 1 is 1.06 bits per heavy atom. The van der Waals surface area contributed by atoms with Gasteiger partial charge in [-0.05, 0) is 44.2 Å². The number of carbonyl (C=O) groups is 1. The Balaban J connectivity index is 1.63. The summed E-state index contributed by atoms with van der Waals surface area (Å²) in [4.78, 5) is 12.6. The van der Waals surface area contributed by atoms with Crippen molar-refractivity contribution in [3.63, 3.8) is 0 Å². The summed E-state index contributed by atoms with van der Waals surface area (Å²) in [6, 6.07) is 25.1. The number of hydrogen-bond donors (Lipinski definition) is 1. The molecule has 3 aromatic carbocycles. The van der Waals surface area contributed by atoms with Gasteiger partial charge in [-0.25, -0.2) is 10.1 Å². The number of benzene rings is 3. The molecule has 1 aromatic heterocycles. The third-order valence-electron chi connectivity index (χ3n) is 4.86. The molecule has 0 aliphatic rings. The van der Waals surface area contributed by atoms with Gasteiger partial charge in [-0.15, -0.1) is 0 Å². The minimum atomic E-state index is -0.335. The maximum atomic E-state index is 12.6. The lowest BCUT2D eigenvalue weighted by molar-refractivity contribution is 0.0951. The van der Waals surface area contributed by atoms with E-state index >= 15 is 0 Å². The third kappa shape index (κ3) is 4.75. The molecule has 0 spiro atoms. The number of rotatable bonds is 7. The van der Waals surface area contributed by atoms with Crippen LogP contribution in [0.25, 0.3) is 16.9 Å². The van der Waals surface area contributed by atoms with E-state index in [9.17, 15) is 4.79 Å². The van der Waals surface area contributed by atoms with Gasteiger partial charge >= 0.3 is 0 Å². The number of ether oxygens (including phenoxy) is 1. The summed E-state index contributed by atoms with van der Waals surface area (Å²) in [6.07, 6.45) is 3.52. The van der Waals surface area contributed by atoms with Crippen LogP contribution in [0.2, 0.25) is 0 Å². The van der Waals surface area contributed by atoms with Crippen molar-refractivity contribution in [1.29, 1.82) is 0 Å². The third-order valence-corrected chi connectivity index (χ3v) is 4.86. The lowest BCUT2D eigenvalue weighted by Crippen LogP contribution is -2.18. The molecule has 0 bridgehead atoms. The van der Waals surface area contributed by atoms with Crippen LogP contribution in [-0.4, -0.2) is 28.5 Å². The largest absolute Gasteiger partial charge is 0.493 e. The Labute approximate surface area is 187 Å². The van der Waals surface area contributed by atoms with Gasteiger partial charge in [0.05, 0.1) is 24.1 Å². The first-order valence-electron chi connectivity index (χ1n) is 10.4. The molecule has 4 rings (SSSR count). The van der Waals surface area contributed by atoms with Gasteiger partial charge < -0.3 is 4.74 Å². The van der Waals surface area contributed by atoms with Crippen LogP contribution in [0.15, 0.2) is 90.2 Å². The van der Waals surface area contributed by atoms with E-state index in [1.165, 1.54) is 0 Å². The minimum Gasteiger partial charge on any atom is -0.493 e. The molecule has 0 aliphatic heterocycles. The fraction of sp³-hybridized carbons (Fsp3) is 0.115. The van der Waals surface area contributed by atoms with E-state index in [0.29, 0.717) is 17.9 Å². The van der Waals surface area contributed by atoms with Crippen molar-refractivity contribution in [1.82, 2.24) is 15.2 Å². The highest BCUT2D eigenvalue weighted by Crippen LogP contribution is 2.24. The smallest absolute Gasteiger partial charge is 0.275 e. The van der Waals surface area contributed by atoms with Crippen LogP contribution in [0.1, 0.15) is 28.4 Å². The second-order valence-electron chi connectivity index (χ2n) is 7.21. The highest BCUT2D eigenvalue weighted by Gasteiger charge is 2.13. The molecule has 1 heterocycles. The van der Waals surface area contributed by atoms with Gasteiger partial charge in [0.15, 0.2) is 0 Å². The fourth-order valence-electron chi connectivity index (χ4n) is 3.37. The molecular formula is C26H24N4O2. The summed E-state index contributed by atoms with van der Waals surface area (Å²) < 4.78 is 7.35. The number of nitrogens with one attached hydrogen (secondary N) is 1. The van der Waals surface area contributed by atoms with Gasteiger partial charge in [-0.2, -0.15) is 10.2 Å². The average Bonchev–Trinajstić information content (AvgIpc) is 3.24. The number of hydrazone groups is 1. The van der Waals surface area contributed by atoms with Gasteiger partial charge in [0, 0.05) is 17.3 Å². The normalized spacial score (nSPS) is 10.9. The van der Waals surface area contributed by atoms with Gasteiger partial charge in [0.2, 0.25) is 0 Å². The SMILES string of the molecule is CCOc1ccccc1C(=O)N/N=C/c1cn(-c2ccccc2)nc1-c1cccc(C)c1. The second kappa shape index (κ2) is 9.75. The summed E-state index contributed by atoms with van der Waals surface area (Å²) in [5.74, 6) is 0.193. The van der Waals surface area contributed by atoms with Crippen LogP contribution in [0.3, 0.4) is 0 Å². The zero-order valence-corrected chi connectivity index (χ0v) is 18.0. The number of aromatic nitrogens is 2. The Bertz CT molecular complexity index is 1250. The molecule has 32 heavy (non-hydrogen) atoms. The monoisotopic (exact) mass is 424 g/mol. The molecule has 0 radical (unpaired) electrons. The molecule has 160 valence electrons. The van der Waals surface area contributed by atoms with E-state index in [1.54, 1.807) is 24.4 Å². The summed E-state index contributed by atoms with van der Waals surface area (Å²) in [7, 11) is 0. The molecule has 0 saturated carbocycles. The first-order valence-corrected chi connectivity index (χ1v) is 10.4. The number of aryl methyl sites for hydroxylation is 1. The predicted molar refractivity (Wildman–Crippen MR) is 126 cm³/mol. The van der Waals surface area contributed by atoms with Gasteiger partial charge in [0.25, 0.3) is 5.91 Å². The van der Waals surface area contributed by atoms with Crippen molar-refractivity contribution in [3.05, 3.63) is 102 Å². The molecule has 4 aromatic rings. The van der Waals surface area contributed by atoms with Crippen molar-refractivity contribution in [2.75, 3.05) is 6.61 Å². The molecule has 0 aliphatic carbocycles. The van der Waals surface area contributed by atoms with Crippen LogP contribution < -0.4 is 10.2 Å². The average molecular weight is 425 g/mol. The number of nitrogens with zero attached hydrogens (tertiary/aromatic N) is 3. The number of carbonyl (C=O) groups excluding carboxylic acids is 1. The fourth-order valence-corrected chi connectivity index (χ4v) is 3.37. The van der Waals surface area contributed by atoms with Gasteiger partial charge in [0.1, 0.15) is 11.4 Å². The van der Waals surface area contributed by atoms with E-state index in [0.717, 1.165) is 28.1 Å². The number of para-hydroxylation sites is 2. The number of hydrogen-bond acceptors (Lipinski definition) is 4. The van der Waals surface area contributed by atoms with Gasteiger partial charge in [-0.1, -0.05) is 54.1 Å². The maximum Gasteiger partial charge on any atom is 0.275 e. The maximum absolute atomic E-state index is 12.6. The topological polar surface area (TPSA) is 68.5 Å². The molecule has 0 fully saturated rings. The summed E-state index contributed by atoms with van der Waals surface area (Å²) in [5, 5.41) is 8.98. The lowest BCUT2D eigenvalue weighted by Gasteiger charge is -2.08. The molecule has 0 unspecified atom stereocenters. The summed E-state index contributed by atoms with van der Waals surface area (Å²) in [5.41, 5.74) is 7.67. The highest BCUT2D eigenvalue weighted by molar-refractivity contribution is 5.98. The van der Waals surface area contributed by atoms with E-state index in [4.69, 9.17) is 9.84 Å². The molecule has 6 heteroatoms. The van der Waals surface area contributed by atoms with Crippen molar-refractivity contribution < 1.29 is 9.53 Å². The molecule has 0 atom stereocenters. The van der Waals surface area contributed by atoms with E-state index < -0.39 is 0 Å². The lowest BCUT2D eigenvalue weighted by atomic mass is 10.1. The standard InChI is InChI=1S/C26H24N4O2/c1-3-32-24-15-8-7-14-23(24)26(31)28-27-17-21-18-30(22-12-5-4-6-13-22)29-25(21)20-11-9-10-19(2)16-20/h4-18H,3H2,1-2H3,(H,28,31)/b27-17+. The van der Waals surface area contributed by atoms with E-state index in [1.807, 2.05) is 79.3 Å². The molecule has 1 amide bonds. The van der Waals surface area contributed by atoms with Crippen LogP contribution in [-0.2, 0) is 0 Å². The Kier molecular flexibility index (Phi) is 6.41. The zero-order valence-electron chi connectivity index (χ0n) is 18.0. The van der Waals surface area contributed by atoms with Crippen molar-refractivity contribution in [2.24, 2.45) is 5.10 Å². The quantitative estimate of drug-likeness (QED) is 0.335. The molecular weight excluding hydrogens is 400 g/mol. The van der Waals surface area contributed by atoms with E-state index in [2.05, 4.69) is 16.6 Å². The first kappa shape index (κ1) is 21.1. The summed E-state index contributed by atoms with van der Waals surface area (Å²) >= 11 is 0. The van der Waals surface area contributed by atoms with Crippen molar-refractivity contribution in [2.45, 2.75) is 13.8 Å². The van der Waals surface area contributed by atoms with Crippen LogP contribution in [0.5, 0.6) is 5.75 Å². The van der Waals surface area contributed by atoms with Crippen molar-refractivity contribution >= 4 is 12.1 Å². The summed E-state index contributed by atoms with van der Waals surface area (Å²) in [6.45, 7) is 4.40. The van der Waals surface area contributed by atoms with Crippen LogP contribution >= 0.6 is 0 Å². The molecule has 6 nitrogen and oxygen atoms in total. The van der Waals surface area contributed by atoms with Crippen LogP contribution in [0.4, 0.5) is 0 Å². The van der Waals surface area contributed by atoms with Crippen LogP contribution in [0, 0.1) is 6.92 Å². The Hall–Kier alpha value is -4.19.